The maximum Gasteiger partial charge on any atom is 0.341 e. The summed E-state index contributed by atoms with van der Waals surface area (Å²) in [7, 11) is 1.84. The fourth-order valence-corrected chi connectivity index (χ4v) is 4.20. The van der Waals surface area contributed by atoms with Crippen LogP contribution in [0.25, 0.3) is 11.1 Å². The molecule has 0 saturated heterocycles. The topological polar surface area (TPSA) is 71.8 Å². The lowest BCUT2D eigenvalue weighted by Gasteiger charge is -2.15. The van der Waals surface area contributed by atoms with Crippen LogP contribution in [-0.4, -0.2) is 37.0 Å². The van der Waals surface area contributed by atoms with Crippen LogP contribution in [0.2, 0.25) is 0 Å². The van der Waals surface area contributed by atoms with E-state index in [-0.39, 0.29) is 19.1 Å². The summed E-state index contributed by atoms with van der Waals surface area (Å²) in [6.07, 6.45) is 1.61. The van der Waals surface area contributed by atoms with Crippen molar-refractivity contribution in [3.63, 3.8) is 0 Å². The van der Waals surface area contributed by atoms with E-state index in [0.29, 0.717) is 17.1 Å². The van der Waals surface area contributed by atoms with Gasteiger partial charge in [-0.1, -0.05) is 30.3 Å². The van der Waals surface area contributed by atoms with Gasteiger partial charge >= 0.3 is 5.97 Å². The largest absolute Gasteiger partial charge is 0.468 e. The second-order valence-electron chi connectivity index (χ2n) is 6.62. The van der Waals surface area contributed by atoms with Gasteiger partial charge in [0.15, 0.2) is 0 Å². The highest BCUT2D eigenvalue weighted by atomic mass is 32.1. The van der Waals surface area contributed by atoms with E-state index in [9.17, 15) is 9.59 Å². The molecule has 0 aliphatic carbocycles. The van der Waals surface area contributed by atoms with Crippen molar-refractivity contribution in [3.05, 3.63) is 64.9 Å². The van der Waals surface area contributed by atoms with Crippen LogP contribution in [0.3, 0.4) is 0 Å². The first-order chi connectivity index (χ1) is 14.0. The zero-order valence-electron chi connectivity index (χ0n) is 16.7. The Balaban J connectivity index is 1.82. The fourth-order valence-electron chi connectivity index (χ4n) is 3.12. The number of aryl methyl sites for hydroxylation is 1. The Morgan fingerprint density at radius 1 is 1.17 bits per heavy atom. The van der Waals surface area contributed by atoms with Gasteiger partial charge in [-0.3, -0.25) is 9.69 Å². The van der Waals surface area contributed by atoms with Crippen molar-refractivity contribution >= 4 is 28.2 Å². The first-order valence-electron chi connectivity index (χ1n) is 9.36. The van der Waals surface area contributed by atoms with E-state index in [1.165, 1.54) is 11.3 Å². The number of likely N-dealkylation sites (N-methyl/N-ethyl adjacent to an activating group) is 1. The van der Waals surface area contributed by atoms with Crippen LogP contribution >= 0.6 is 11.3 Å². The van der Waals surface area contributed by atoms with Gasteiger partial charge in [-0.25, -0.2) is 4.79 Å². The molecule has 0 saturated carbocycles. The Kier molecular flexibility index (Phi) is 6.85. The van der Waals surface area contributed by atoms with Gasteiger partial charge in [-0.05, 0) is 38.6 Å². The third-order valence-electron chi connectivity index (χ3n) is 4.30. The van der Waals surface area contributed by atoms with Crippen LogP contribution in [0, 0.1) is 6.92 Å². The van der Waals surface area contributed by atoms with Crippen LogP contribution in [-0.2, 0) is 16.1 Å². The maximum absolute atomic E-state index is 12.7. The monoisotopic (exact) mass is 412 g/mol. The molecule has 0 bridgehead atoms. The molecule has 0 radical (unpaired) electrons. The molecule has 6 nitrogen and oxygen atoms in total. The first kappa shape index (κ1) is 20.8. The van der Waals surface area contributed by atoms with E-state index in [1.54, 1.807) is 13.2 Å². The summed E-state index contributed by atoms with van der Waals surface area (Å²) in [6.45, 7) is 4.65. The van der Waals surface area contributed by atoms with E-state index in [1.807, 2.05) is 61.3 Å². The van der Waals surface area contributed by atoms with Crippen molar-refractivity contribution in [2.75, 3.05) is 25.5 Å². The van der Waals surface area contributed by atoms with Crippen molar-refractivity contribution in [2.24, 2.45) is 0 Å². The number of esters is 1. The number of carbonyl (C=O) groups is 2. The number of rotatable bonds is 8. The van der Waals surface area contributed by atoms with Gasteiger partial charge in [-0.2, -0.15) is 0 Å². The number of carbonyl (C=O) groups excluding carboxylic acids is 2. The lowest BCUT2D eigenvalue weighted by Crippen LogP contribution is -2.30. The number of furan rings is 1. The van der Waals surface area contributed by atoms with E-state index < -0.39 is 5.97 Å². The molecule has 29 heavy (non-hydrogen) atoms. The van der Waals surface area contributed by atoms with Crippen molar-refractivity contribution in [3.8, 4) is 11.1 Å². The molecular formula is C22H24N2O4S. The molecule has 0 spiro atoms. The zero-order valence-corrected chi connectivity index (χ0v) is 17.5. The fraction of sp³-hybridized carbons (Fsp3) is 0.273. The summed E-state index contributed by atoms with van der Waals surface area (Å²) >= 11 is 1.38. The average Bonchev–Trinajstić information content (AvgIpc) is 3.29. The molecule has 1 N–H and O–H groups in total. The normalized spacial score (nSPS) is 10.9. The highest BCUT2D eigenvalue weighted by molar-refractivity contribution is 7.17. The molecule has 2 aromatic heterocycles. The van der Waals surface area contributed by atoms with Crippen molar-refractivity contribution in [1.82, 2.24) is 4.90 Å². The number of hydrogen-bond donors (Lipinski definition) is 1. The Morgan fingerprint density at radius 3 is 2.59 bits per heavy atom. The van der Waals surface area contributed by atoms with Gasteiger partial charge in [0.25, 0.3) is 0 Å². The predicted molar refractivity (Wildman–Crippen MR) is 114 cm³/mol. The molecule has 1 amide bonds. The number of nitrogens with one attached hydrogen (secondary N) is 1. The Hall–Kier alpha value is -2.90. The lowest BCUT2D eigenvalue weighted by molar-refractivity contribution is -0.117. The average molecular weight is 413 g/mol. The van der Waals surface area contributed by atoms with E-state index in [0.717, 1.165) is 21.8 Å². The third-order valence-corrected chi connectivity index (χ3v) is 5.32. The molecule has 0 fully saturated rings. The number of anilines is 1. The molecule has 0 unspecified atom stereocenters. The van der Waals surface area contributed by atoms with Gasteiger partial charge in [0.2, 0.25) is 5.91 Å². The molecule has 2 heterocycles. The van der Waals surface area contributed by atoms with Crippen LogP contribution in [0.5, 0.6) is 0 Å². The molecule has 0 atom stereocenters. The summed E-state index contributed by atoms with van der Waals surface area (Å²) in [5.74, 6) is 0.145. The molecule has 7 heteroatoms. The summed E-state index contributed by atoms with van der Waals surface area (Å²) in [6, 6.07) is 13.3. The number of hydrogen-bond acceptors (Lipinski definition) is 6. The Bertz CT molecular complexity index is 964. The van der Waals surface area contributed by atoms with E-state index in [2.05, 4.69) is 5.32 Å². The van der Waals surface area contributed by atoms with Crippen LogP contribution in [0.15, 0.2) is 53.1 Å². The van der Waals surface area contributed by atoms with Crippen molar-refractivity contribution in [2.45, 2.75) is 20.4 Å². The molecule has 0 aliphatic rings. The predicted octanol–water partition coefficient (Wildman–Crippen LogP) is 4.56. The van der Waals surface area contributed by atoms with Gasteiger partial charge in [0, 0.05) is 10.4 Å². The quantitative estimate of drug-likeness (QED) is 0.549. The summed E-state index contributed by atoms with van der Waals surface area (Å²) < 4.78 is 10.6. The van der Waals surface area contributed by atoms with Gasteiger partial charge < -0.3 is 14.5 Å². The number of thiophene rings is 1. The number of ether oxygens (including phenoxy) is 1. The first-order valence-corrected chi connectivity index (χ1v) is 10.2. The molecule has 3 rings (SSSR count). The van der Waals surface area contributed by atoms with E-state index in [4.69, 9.17) is 9.15 Å². The SMILES string of the molecule is CCOC(=O)c1c(NC(=O)CN(C)Cc2ccco2)sc(C)c1-c1ccccc1. The molecule has 152 valence electrons. The minimum absolute atomic E-state index is 0.167. The van der Waals surface area contributed by atoms with Gasteiger partial charge in [-0.15, -0.1) is 11.3 Å². The standard InChI is InChI=1S/C22H24N2O4S/c1-4-27-22(26)20-19(16-9-6-5-7-10-16)15(2)29-21(20)23-18(25)14-24(3)13-17-11-8-12-28-17/h5-12H,4,13-14H2,1-3H3,(H,23,25). The Morgan fingerprint density at radius 2 is 1.93 bits per heavy atom. The zero-order chi connectivity index (χ0) is 20.8. The maximum atomic E-state index is 12.7. The van der Waals surface area contributed by atoms with Crippen LogP contribution in [0.1, 0.15) is 27.9 Å². The summed E-state index contributed by atoms with van der Waals surface area (Å²) in [5, 5.41) is 3.41. The number of benzene rings is 1. The molecule has 1 aromatic carbocycles. The highest BCUT2D eigenvalue weighted by Gasteiger charge is 2.25. The highest BCUT2D eigenvalue weighted by Crippen LogP contribution is 2.40. The van der Waals surface area contributed by atoms with Crippen molar-refractivity contribution < 1.29 is 18.7 Å². The molecule has 0 aliphatic heterocycles. The lowest BCUT2D eigenvalue weighted by atomic mass is 10.0. The van der Waals surface area contributed by atoms with Gasteiger partial charge in [0.1, 0.15) is 16.3 Å². The second kappa shape index (κ2) is 9.54. The molecule has 3 aromatic rings. The van der Waals surface area contributed by atoms with Crippen LogP contribution in [0.4, 0.5) is 5.00 Å². The van der Waals surface area contributed by atoms with Gasteiger partial charge in [0.05, 0.1) is 26.0 Å². The smallest absolute Gasteiger partial charge is 0.341 e. The number of amides is 1. The third kappa shape index (κ3) is 5.13. The molecular weight excluding hydrogens is 388 g/mol. The van der Waals surface area contributed by atoms with Crippen LogP contribution < -0.4 is 5.32 Å². The summed E-state index contributed by atoms with van der Waals surface area (Å²) in [4.78, 5) is 28.1. The van der Waals surface area contributed by atoms with Crippen molar-refractivity contribution in [1.29, 1.82) is 0 Å². The number of nitrogens with zero attached hydrogens (tertiary/aromatic N) is 1. The second-order valence-corrected chi connectivity index (χ2v) is 7.85. The van der Waals surface area contributed by atoms with E-state index >= 15 is 0 Å². The minimum atomic E-state index is -0.435. The Labute approximate surface area is 174 Å². The minimum Gasteiger partial charge on any atom is -0.468 e. The summed E-state index contributed by atoms with van der Waals surface area (Å²) in [5.41, 5.74) is 2.12.